The standard InChI is InChI=1S/C17H16B2O4/c1-3-7-12(8-4-1)18-20-14-11-15-17(16(14)22-18)23-19(21-15)13-9-5-2-6-10-13/h1-10,14-17H,11H2/t14-,15-,16-,17-/m1/s1. The molecule has 4 nitrogen and oxygen atoms in total. The van der Waals surface area contributed by atoms with Gasteiger partial charge in [-0.1, -0.05) is 60.7 Å². The van der Waals surface area contributed by atoms with Crippen molar-refractivity contribution >= 4 is 25.2 Å². The van der Waals surface area contributed by atoms with Crippen molar-refractivity contribution in [2.75, 3.05) is 0 Å². The highest BCUT2D eigenvalue weighted by atomic mass is 16.7. The topological polar surface area (TPSA) is 36.9 Å². The molecule has 0 spiro atoms. The second kappa shape index (κ2) is 5.49. The minimum Gasteiger partial charge on any atom is -0.402 e. The van der Waals surface area contributed by atoms with Crippen molar-refractivity contribution in [1.82, 2.24) is 0 Å². The molecule has 0 radical (unpaired) electrons. The van der Waals surface area contributed by atoms with E-state index in [0.29, 0.717) is 0 Å². The Bertz CT molecular complexity index is 624. The van der Waals surface area contributed by atoms with E-state index < -0.39 is 0 Å². The van der Waals surface area contributed by atoms with Crippen LogP contribution in [0.4, 0.5) is 0 Å². The second-order valence-corrected chi connectivity index (χ2v) is 6.27. The zero-order valence-corrected chi connectivity index (χ0v) is 12.6. The molecule has 0 aromatic heterocycles. The van der Waals surface area contributed by atoms with E-state index >= 15 is 0 Å². The molecule has 3 fully saturated rings. The highest BCUT2D eigenvalue weighted by molar-refractivity contribution is 6.62. The van der Waals surface area contributed by atoms with Crippen LogP contribution in [0, 0.1) is 0 Å². The van der Waals surface area contributed by atoms with Gasteiger partial charge in [-0.25, -0.2) is 0 Å². The van der Waals surface area contributed by atoms with Gasteiger partial charge in [0.15, 0.2) is 0 Å². The SMILES string of the molecule is c1ccc(B2O[C@H]3[C@@H]4OB(c5ccccc5)O[C@@H]4C[C@H]3O2)cc1. The average molecular weight is 306 g/mol. The maximum Gasteiger partial charge on any atom is 0.494 e. The number of rotatable bonds is 2. The quantitative estimate of drug-likeness (QED) is 0.767. The Morgan fingerprint density at radius 3 is 1.48 bits per heavy atom. The summed E-state index contributed by atoms with van der Waals surface area (Å²) >= 11 is 0. The van der Waals surface area contributed by atoms with E-state index in [4.69, 9.17) is 18.6 Å². The van der Waals surface area contributed by atoms with E-state index in [-0.39, 0.29) is 38.7 Å². The first kappa shape index (κ1) is 13.8. The summed E-state index contributed by atoms with van der Waals surface area (Å²) in [4.78, 5) is 0. The highest BCUT2D eigenvalue weighted by Gasteiger charge is 2.58. The first-order chi connectivity index (χ1) is 11.4. The van der Waals surface area contributed by atoms with Crippen LogP contribution in [0.1, 0.15) is 6.42 Å². The molecule has 6 heteroatoms. The maximum atomic E-state index is 6.14. The highest BCUT2D eigenvalue weighted by Crippen LogP contribution is 2.39. The van der Waals surface area contributed by atoms with Gasteiger partial charge in [-0.05, 0) is 10.9 Å². The summed E-state index contributed by atoms with van der Waals surface area (Å²) in [5.74, 6) is 0. The molecule has 2 heterocycles. The monoisotopic (exact) mass is 306 g/mol. The van der Waals surface area contributed by atoms with Crippen molar-refractivity contribution in [2.24, 2.45) is 0 Å². The number of fused-ring (bicyclic) bond motifs is 3. The van der Waals surface area contributed by atoms with Gasteiger partial charge < -0.3 is 18.6 Å². The molecule has 114 valence electrons. The van der Waals surface area contributed by atoms with Gasteiger partial charge in [0, 0.05) is 6.42 Å². The Kier molecular flexibility index (Phi) is 3.30. The van der Waals surface area contributed by atoms with Gasteiger partial charge in [-0.15, -0.1) is 0 Å². The molecule has 0 bridgehead atoms. The molecule has 3 aliphatic rings. The third-order valence-electron chi connectivity index (χ3n) is 4.82. The van der Waals surface area contributed by atoms with Crippen molar-refractivity contribution in [1.29, 1.82) is 0 Å². The number of hydrogen-bond donors (Lipinski definition) is 0. The van der Waals surface area contributed by atoms with Gasteiger partial charge in [-0.2, -0.15) is 0 Å². The summed E-state index contributed by atoms with van der Waals surface area (Å²) in [7, 11) is -0.599. The lowest BCUT2D eigenvalue weighted by atomic mass is 9.79. The minimum absolute atomic E-state index is 0.0481. The zero-order chi connectivity index (χ0) is 15.2. The lowest BCUT2D eigenvalue weighted by Crippen LogP contribution is -2.38. The number of benzene rings is 2. The Morgan fingerprint density at radius 1 is 0.609 bits per heavy atom. The van der Waals surface area contributed by atoms with E-state index in [1.165, 1.54) is 0 Å². The first-order valence-corrected chi connectivity index (χ1v) is 8.10. The van der Waals surface area contributed by atoms with Gasteiger partial charge in [0.2, 0.25) is 0 Å². The van der Waals surface area contributed by atoms with Crippen molar-refractivity contribution in [3.05, 3.63) is 60.7 Å². The van der Waals surface area contributed by atoms with Crippen LogP contribution in [-0.2, 0) is 18.6 Å². The Balaban J connectivity index is 1.32. The Hall–Kier alpha value is -1.59. The average Bonchev–Trinajstić information content (AvgIpc) is 3.26. The van der Waals surface area contributed by atoms with E-state index in [0.717, 1.165) is 17.3 Å². The summed E-state index contributed by atoms with van der Waals surface area (Å²) < 4.78 is 24.4. The normalized spacial score (nSPS) is 32.2. The summed E-state index contributed by atoms with van der Waals surface area (Å²) in [6.07, 6.45) is 0.804. The third kappa shape index (κ3) is 2.34. The lowest BCUT2D eigenvalue weighted by Gasteiger charge is -2.16. The lowest BCUT2D eigenvalue weighted by molar-refractivity contribution is 0.0796. The number of hydrogen-bond acceptors (Lipinski definition) is 4. The fourth-order valence-electron chi connectivity index (χ4n) is 3.72. The van der Waals surface area contributed by atoms with Crippen LogP contribution in [0.25, 0.3) is 0 Å². The van der Waals surface area contributed by atoms with Crippen molar-refractivity contribution < 1.29 is 18.6 Å². The van der Waals surface area contributed by atoms with E-state index in [9.17, 15) is 0 Å². The summed E-state index contributed by atoms with van der Waals surface area (Å²) in [6.45, 7) is 0. The zero-order valence-electron chi connectivity index (χ0n) is 12.6. The van der Waals surface area contributed by atoms with Crippen LogP contribution in [0.15, 0.2) is 60.7 Å². The molecule has 0 amide bonds. The minimum atomic E-state index is -0.300. The van der Waals surface area contributed by atoms with Crippen molar-refractivity contribution in [2.45, 2.75) is 30.8 Å². The molecular weight excluding hydrogens is 290 g/mol. The Labute approximate surface area is 136 Å². The molecule has 4 atom stereocenters. The smallest absolute Gasteiger partial charge is 0.402 e. The molecule has 1 aliphatic carbocycles. The molecule has 2 saturated heterocycles. The second-order valence-electron chi connectivity index (χ2n) is 6.27. The first-order valence-electron chi connectivity index (χ1n) is 8.10. The molecule has 23 heavy (non-hydrogen) atoms. The third-order valence-corrected chi connectivity index (χ3v) is 4.82. The van der Waals surface area contributed by atoms with Gasteiger partial charge >= 0.3 is 14.2 Å². The van der Waals surface area contributed by atoms with E-state index in [2.05, 4.69) is 0 Å². The van der Waals surface area contributed by atoms with Crippen LogP contribution in [0.5, 0.6) is 0 Å². The van der Waals surface area contributed by atoms with Gasteiger partial charge in [0.1, 0.15) is 0 Å². The Morgan fingerprint density at radius 2 is 1.04 bits per heavy atom. The predicted molar refractivity (Wildman–Crippen MR) is 87.8 cm³/mol. The van der Waals surface area contributed by atoms with Gasteiger partial charge in [-0.3, -0.25) is 0 Å². The molecule has 2 aromatic rings. The van der Waals surface area contributed by atoms with Crippen molar-refractivity contribution in [3.63, 3.8) is 0 Å². The largest absolute Gasteiger partial charge is 0.494 e. The van der Waals surface area contributed by atoms with E-state index in [1.807, 2.05) is 60.7 Å². The molecule has 0 N–H and O–H groups in total. The maximum absolute atomic E-state index is 6.14. The van der Waals surface area contributed by atoms with Crippen LogP contribution in [-0.4, -0.2) is 38.7 Å². The van der Waals surface area contributed by atoms with Gasteiger partial charge in [0.25, 0.3) is 0 Å². The summed E-state index contributed by atoms with van der Waals surface area (Å²) in [5.41, 5.74) is 2.11. The van der Waals surface area contributed by atoms with Crippen molar-refractivity contribution in [3.8, 4) is 0 Å². The van der Waals surface area contributed by atoms with Gasteiger partial charge in [0.05, 0.1) is 24.4 Å². The molecule has 2 aliphatic heterocycles. The molecule has 2 aromatic carbocycles. The molecule has 1 saturated carbocycles. The summed E-state index contributed by atoms with van der Waals surface area (Å²) in [6, 6.07) is 20.1. The predicted octanol–water partition coefficient (Wildman–Crippen LogP) is 0.749. The van der Waals surface area contributed by atoms with Crippen LogP contribution >= 0.6 is 0 Å². The van der Waals surface area contributed by atoms with E-state index in [1.54, 1.807) is 0 Å². The fourth-order valence-corrected chi connectivity index (χ4v) is 3.72. The van der Waals surface area contributed by atoms with Crippen LogP contribution in [0.2, 0.25) is 0 Å². The molecule has 0 unspecified atom stereocenters. The molecular formula is C17H16B2O4. The van der Waals surface area contributed by atoms with Crippen LogP contribution < -0.4 is 10.9 Å². The fraction of sp³-hybridized carbons (Fsp3) is 0.294. The molecule has 5 rings (SSSR count). The van der Waals surface area contributed by atoms with Crippen LogP contribution in [0.3, 0.4) is 0 Å². The summed E-state index contributed by atoms with van der Waals surface area (Å²) in [5, 5.41) is 0.